The molecule has 2 atom stereocenters. The molecule has 0 aliphatic carbocycles. The number of carbonyl (C=O) groups excluding carboxylic acids is 1. The lowest BCUT2D eigenvalue weighted by Crippen LogP contribution is -2.18. The van der Waals surface area contributed by atoms with Crippen LogP contribution in [0.5, 0.6) is 11.5 Å². The van der Waals surface area contributed by atoms with Crippen LogP contribution in [-0.2, 0) is 9.53 Å². The maximum Gasteiger partial charge on any atom is 0.315 e. The number of benzene rings is 4. The number of ether oxygens (including phenoxy) is 2. The van der Waals surface area contributed by atoms with Gasteiger partial charge in [-0.1, -0.05) is 86.1 Å². The van der Waals surface area contributed by atoms with Gasteiger partial charge in [-0.05, 0) is 47.0 Å². The Balaban J connectivity index is 1.54. The Hall–Kier alpha value is -4.10. The van der Waals surface area contributed by atoms with Crippen molar-refractivity contribution in [2.24, 2.45) is 0 Å². The van der Waals surface area contributed by atoms with Gasteiger partial charge in [0.15, 0.2) is 0 Å². The third-order valence-electron chi connectivity index (χ3n) is 5.53. The topological polar surface area (TPSA) is 59.3 Å². The highest BCUT2D eigenvalue weighted by molar-refractivity contribution is 5.86. The first-order valence-corrected chi connectivity index (χ1v) is 11.1. The summed E-state index contributed by atoms with van der Waals surface area (Å²) in [5.74, 6) is 0.446. The van der Waals surface area contributed by atoms with Gasteiger partial charge < -0.3 is 9.47 Å². The first kappa shape index (κ1) is 22.1. The number of fused-ring (bicyclic) bond motifs is 1. The molecular weight excluding hydrogens is 410 g/mol. The van der Waals surface area contributed by atoms with Gasteiger partial charge in [-0.25, -0.2) is 0 Å². The van der Waals surface area contributed by atoms with Crippen molar-refractivity contribution < 1.29 is 14.3 Å². The number of hydrogen-bond donors (Lipinski definition) is 0. The van der Waals surface area contributed by atoms with Crippen molar-refractivity contribution in [1.82, 2.24) is 0 Å². The molecule has 0 aliphatic heterocycles. The predicted octanol–water partition coefficient (Wildman–Crippen LogP) is 7.32. The predicted molar refractivity (Wildman–Crippen MR) is 129 cm³/mol. The fourth-order valence-electron chi connectivity index (χ4n) is 3.87. The molecule has 2 unspecified atom stereocenters. The Morgan fingerprint density at radius 3 is 2.30 bits per heavy atom. The third kappa shape index (κ3) is 5.39. The Bertz CT molecular complexity index is 1280. The van der Waals surface area contributed by atoms with E-state index in [4.69, 9.17) is 9.47 Å². The molecule has 0 saturated carbocycles. The van der Waals surface area contributed by atoms with E-state index >= 15 is 0 Å². The molecule has 0 N–H and O–H groups in total. The van der Waals surface area contributed by atoms with E-state index < -0.39 is 18.0 Å². The highest BCUT2D eigenvalue weighted by atomic mass is 16.5. The lowest BCUT2D eigenvalue weighted by molar-refractivity contribution is -0.149. The Morgan fingerprint density at radius 1 is 0.818 bits per heavy atom. The minimum absolute atomic E-state index is 0.395. The zero-order valence-corrected chi connectivity index (χ0v) is 18.5. The average molecular weight is 436 g/mol. The summed E-state index contributed by atoms with van der Waals surface area (Å²) in [7, 11) is 0. The molecule has 0 radical (unpaired) electrons. The molecule has 4 rings (SSSR count). The molecule has 4 aromatic rings. The SMILES string of the molecule is CCCC(C(=O)OC(C#N)c1cccc(Oc2ccccc2)c1)c1ccc2ccccc2c1. The van der Waals surface area contributed by atoms with E-state index in [1.807, 2.05) is 85.8 Å². The van der Waals surface area contributed by atoms with E-state index in [2.05, 4.69) is 6.07 Å². The lowest BCUT2D eigenvalue weighted by Gasteiger charge is -2.19. The van der Waals surface area contributed by atoms with Crippen LogP contribution in [0.15, 0.2) is 97.1 Å². The number of carbonyl (C=O) groups is 1. The number of rotatable bonds is 8. The molecule has 164 valence electrons. The molecule has 0 fully saturated rings. The van der Waals surface area contributed by atoms with Crippen molar-refractivity contribution in [1.29, 1.82) is 5.26 Å². The largest absolute Gasteiger partial charge is 0.457 e. The second-order valence-corrected chi connectivity index (χ2v) is 7.88. The zero-order valence-electron chi connectivity index (χ0n) is 18.5. The highest BCUT2D eigenvalue weighted by Crippen LogP contribution is 2.30. The van der Waals surface area contributed by atoms with Crippen LogP contribution in [0.4, 0.5) is 0 Å². The van der Waals surface area contributed by atoms with Gasteiger partial charge >= 0.3 is 5.97 Å². The molecule has 0 spiro atoms. The fourth-order valence-corrected chi connectivity index (χ4v) is 3.87. The Kier molecular flexibility index (Phi) is 7.02. The van der Waals surface area contributed by atoms with Crippen LogP contribution in [0.3, 0.4) is 0 Å². The van der Waals surface area contributed by atoms with Gasteiger partial charge in [-0.15, -0.1) is 0 Å². The number of esters is 1. The summed E-state index contributed by atoms with van der Waals surface area (Å²) in [5.41, 5.74) is 1.48. The second kappa shape index (κ2) is 10.5. The molecular formula is C29H25NO3. The summed E-state index contributed by atoms with van der Waals surface area (Å²) >= 11 is 0. The molecule has 4 nitrogen and oxygen atoms in total. The van der Waals surface area contributed by atoms with Crippen LogP contribution in [0.2, 0.25) is 0 Å². The minimum atomic E-state index is -1.02. The van der Waals surface area contributed by atoms with Gasteiger partial charge in [-0.2, -0.15) is 5.26 Å². The number of nitriles is 1. The van der Waals surface area contributed by atoms with E-state index in [1.54, 1.807) is 18.2 Å². The third-order valence-corrected chi connectivity index (χ3v) is 5.53. The van der Waals surface area contributed by atoms with Crippen LogP contribution < -0.4 is 4.74 Å². The molecule has 0 amide bonds. The van der Waals surface area contributed by atoms with Crippen molar-refractivity contribution >= 4 is 16.7 Å². The fraction of sp³-hybridized carbons (Fsp3) is 0.172. The average Bonchev–Trinajstić information content (AvgIpc) is 2.86. The summed E-state index contributed by atoms with van der Waals surface area (Å²) in [4.78, 5) is 13.2. The molecule has 0 saturated heterocycles. The zero-order chi connectivity index (χ0) is 23.0. The summed E-state index contributed by atoms with van der Waals surface area (Å²) in [6.45, 7) is 2.04. The molecule has 0 bridgehead atoms. The van der Waals surface area contributed by atoms with Crippen LogP contribution in [0.25, 0.3) is 10.8 Å². The summed E-state index contributed by atoms with van der Waals surface area (Å²) in [6, 6.07) is 32.7. The van der Waals surface area contributed by atoms with Gasteiger partial charge in [0.2, 0.25) is 6.10 Å². The normalized spacial score (nSPS) is 12.5. The van der Waals surface area contributed by atoms with E-state index in [-0.39, 0.29) is 0 Å². The molecule has 33 heavy (non-hydrogen) atoms. The first-order chi connectivity index (χ1) is 16.2. The van der Waals surface area contributed by atoms with Crippen LogP contribution in [-0.4, -0.2) is 5.97 Å². The highest BCUT2D eigenvalue weighted by Gasteiger charge is 2.26. The van der Waals surface area contributed by atoms with Crippen LogP contribution in [0.1, 0.15) is 42.9 Å². The van der Waals surface area contributed by atoms with Crippen molar-refractivity contribution in [3.05, 3.63) is 108 Å². The smallest absolute Gasteiger partial charge is 0.315 e. The van der Waals surface area contributed by atoms with Crippen molar-refractivity contribution in [3.8, 4) is 17.6 Å². The maximum atomic E-state index is 13.2. The van der Waals surface area contributed by atoms with Gasteiger partial charge in [0.25, 0.3) is 0 Å². The lowest BCUT2D eigenvalue weighted by atomic mass is 9.92. The molecule has 0 aliphatic rings. The quantitative estimate of drug-likeness (QED) is 0.272. The monoisotopic (exact) mass is 435 g/mol. The van der Waals surface area contributed by atoms with Gasteiger partial charge in [0, 0.05) is 5.56 Å². The van der Waals surface area contributed by atoms with Crippen LogP contribution in [0, 0.1) is 11.3 Å². The molecule has 4 aromatic carbocycles. The van der Waals surface area contributed by atoms with Crippen molar-refractivity contribution in [2.45, 2.75) is 31.8 Å². The number of hydrogen-bond acceptors (Lipinski definition) is 4. The standard InChI is InChI=1S/C29H25NO3/c1-2-9-27(23-17-16-21-10-6-7-11-22(21)18-23)29(31)33-28(20-30)24-12-8-15-26(19-24)32-25-13-4-3-5-14-25/h3-8,10-19,27-28H,2,9H2,1H3. The number of nitrogens with zero attached hydrogens (tertiary/aromatic N) is 1. The summed E-state index contributed by atoms with van der Waals surface area (Å²) < 4.78 is 11.6. The molecule has 0 heterocycles. The summed E-state index contributed by atoms with van der Waals surface area (Å²) in [6.07, 6.45) is 0.452. The Labute approximate surface area is 194 Å². The van der Waals surface area contributed by atoms with E-state index in [0.29, 0.717) is 23.5 Å². The Morgan fingerprint density at radius 2 is 1.55 bits per heavy atom. The van der Waals surface area contributed by atoms with E-state index in [9.17, 15) is 10.1 Å². The van der Waals surface area contributed by atoms with Crippen molar-refractivity contribution in [3.63, 3.8) is 0 Å². The molecule has 0 aromatic heterocycles. The van der Waals surface area contributed by atoms with E-state index in [0.717, 1.165) is 22.8 Å². The van der Waals surface area contributed by atoms with Gasteiger partial charge in [-0.3, -0.25) is 4.79 Å². The van der Waals surface area contributed by atoms with Crippen molar-refractivity contribution in [2.75, 3.05) is 0 Å². The maximum absolute atomic E-state index is 13.2. The summed E-state index contributed by atoms with van der Waals surface area (Å²) in [5, 5.41) is 12.0. The minimum Gasteiger partial charge on any atom is -0.457 e. The first-order valence-electron chi connectivity index (χ1n) is 11.1. The second-order valence-electron chi connectivity index (χ2n) is 7.88. The van der Waals surface area contributed by atoms with Crippen LogP contribution >= 0.6 is 0 Å². The van der Waals surface area contributed by atoms with Gasteiger partial charge in [0.1, 0.15) is 17.6 Å². The molecule has 4 heteroatoms. The number of para-hydroxylation sites is 1. The van der Waals surface area contributed by atoms with E-state index in [1.165, 1.54) is 0 Å². The van der Waals surface area contributed by atoms with Gasteiger partial charge in [0.05, 0.1) is 5.92 Å².